The van der Waals surface area contributed by atoms with Gasteiger partial charge in [-0.1, -0.05) is 18.2 Å². The SMILES string of the molecule is O=C(Cc1ccc(F)cc1)N1CCSC1c1cccnc1. The summed E-state index contributed by atoms with van der Waals surface area (Å²) in [6, 6.07) is 9.98. The van der Waals surface area contributed by atoms with E-state index >= 15 is 0 Å². The molecular weight excluding hydrogens is 287 g/mol. The summed E-state index contributed by atoms with van der Waals surface area (Å²) in [6.07, 6.45) is 3.84. The predicted molar refractivity (Wildman–Crippen MR) is 81.3 cm³/mol. The highest BCUT2D eigenvalue weighted by Crippen LogP contribution is 2.37. The first-order chi connectivity index (χ1) is 10.2. The molecule has 1 fully saturated rings. The number of amides is 1. The van der Waals surface area contributed by atoms with Gasteiger partial charge in [0.25, 0.3) is 0 Å². The van der Waals surface area contributed by atoms with Crippen LogP contribution >= 0.6 is 11.8 Å². The third-order valence-electron chi connectivity index (χ3n) is 3.45. The molecule has 0 radical (unpaired) electrons. The molecule has 1 atom stereocenters. The lowest BCUT2D eigenvalue weighted by Crippen LogP contribution is -2.31. The largest absolute Gasteiger partial charge is 0.325 e. The van der Waals surface area contributed by atoms with Gasteiger partial charge in [-0.2, -0.15) is 0 Å². The second kappa shape index (κ2) is 6.26. The number of hydrogen-bond donors (Lipinski definition) is 0. The van der Waals surface area contributed by atoms with E-state index in [2.05, 4.69) is 4.98 Å². The number of carbonyl (C=O) groups excluding carboxylic acids is 1. The van der Waals surface area contributed by atoms with Crippen molar-refractivity contribution in [1.82, 2.24) is 9.88 Å². The van der Waals surface area contributed by atoms with Crippen molar-refractivity contribution in [2.45, 2.75) is 11.8 Å². The summed E-state index contributed by atoms with van der Waals surface area (Å²) in [5.41, 5.74) is 1.88. The molecule has 3 rings (SSSR count). The van der Waals surface area contributed by atoms with E-state index < -0.39 is 0 Å². The van der Waals surface area contributed by atoms with Crippen LogP contribution in [0, 0.1) is 5.82 Å². The van der Waals surface area contributed by atoms with Gasteiger partial charge in [-0.3, -0.25) is 9.78 Å². The van der Waals surface area contributed by atoms with Gasteiger partial charge in [0.15, 0.2) is 0 Å². The maximum Gasteiger partial charge on any atom is 0.228 e. The number of aromatic nitrogens is 1. The standard InChI is InChI=1S/C16H15FN2OS/c17-14-5-3-12(4-6-14)10-15(20)19-8-9-21-16(19)13-2-1-7-18-11-13/h1-7,11,16H,8-10H2. The molecule has 21 heavy (non-hydrogen) atoms. The second-order valence-corrected chi connectivity index (χ2v) is 6.09. The second-order valence-electron chi connectivity index (χ2n) is 4.90. The zero-order valence-corrected chi connectivity index (χ0v) is 12.2. The Balaban J connectivity index is 1.73. The Bertz CT molecular complexity index is 618. The first-order valence-electron chi connectivity index (χ1n) is 6.79. The summed E-state index contributed by atoms with van der Waals surface area (Å²) in [4.78, 5) is 18.5. The minimum atomic E-state index is -0.281. The fraction of sp³-hybridized carbons (Fsp3) is 0.250. The number of hydrogen-bond acceptors (Lipinski definition) is 3. The summed E-state index contributed by atoms with van der Waals surface area (Å²) in [7, 11) is 0. The summed E-state index contributed by atoms with van der Waals surface area (Å²) >= 11 is 1.75. The normalized spacial score (nSPS) is 18.0. The highest BCUT2D eigenvalue weighted by molar-refractivity contribution is 7.99. The van der Waals surface area contributed by atoms with Crippen LogP contribution in [0.1, 0.15) is 16.5 Å². The van der Waals surface area contributed by atoms with Gasteiger partial charge in [-0.15, -0.1) is 11.8 Å². The summed E-state index contributed by atoms with van der Waals surface area (Å²) in [6.45, 7) is 0.740. The molecule has 0 spiro atoms. The van der Waals surface area contributed by atoms with Crippen molar-refractivity contribution in [2.75, 3.05) is 12.3 Å². The summed E-state index contributed by atoms with van der Waals surface area (Å²) < 4.78 is 12.9. The molecule has 0 aliphatic carbocycles. The van der Waals surface area contributed by atoms with Gasteiger partial charge in [0.1, 0.15) is 11.2 Å². The molecule has 2 heterocycles. The van der Waals surface area contributed by atoms with E-state index in [1.54, 1.807) is 36.3 Å². The summed E-state index contributed by atoms with van der Waals surface area (Å²) in [5.74, 6) is 0.714. The van der Waals surface area contributed by atoms with Crippen LogP contribution in [0.25, 0.3) is 0 Å². The van der Waals surface area contributed by atoms with Crippen molar-refractivity contribution in [2.24, 2.45) is 0 Å². The van der Waals surface area contributed by atoms with Crippen LogP contribution in [-0.2, 0) is 11.2 Å². The molecule has 1 amide bonds. The number of halogens is 1. The van der Waals surface area contributed by atoms with E-state index in [1.807, 2.05) is 17.0 Å². The van der Waals surface area contributed by atoms with Crippen molar-refractivity contribution in [3.05, 3.63) is 65.7 Å². The van der Waals surface area contributed by atoms with Gasteiger partial charge >= 0.3 is 0 Å². The van der Waals surface area contributed by atoms with E-state index in [0.29, 0.717) is 6.42 Å². The number of pyridine rings is 1. The number of nitrogens with zero attached hydrogens (tertiary/aromatic N) is 2. The number of carbonyl (C=O) groups is 1. The third kappa shape index (κ3) is 3.24. The van der Waals surface area contributed by atoms with Crippen LogP contribution in [0.5, 0.6) is 0 Å². The van der Waals surface area contributed by atoms with Gasteiger partial charge in [-0.25, -0.2) is 4.39 Å². The van der Waals surface area contributed by atoms with Gasteiger partial charge < -0.3 is 4.90 Å². The molecule has 1 unspecified atom stereocenters. The topological polar surface area (TPSA) is 33.2 Å². The molecule has 3 nitrogen and oxygen atoms in total. The smallest absolute Gasteiger partial charge is 0.228 e. The lowest BCUT2D eigenvalue weighted by Gasteiger charge is -2.24. The van der Waals surface area contributed by atoms with Crippen LogP contribution in [0.3, 0.4) is 0 Å². The lowest BCUT2D eigenvalue weighted by molar-refractivity contribution is -0.130. The van der Waals surface area contributed by atoms with Gasteiger partial charge in [0.05, 0.1) is 6.42 Å². The Kier molecular flexibility index (Phi) is 4.20. The molecule has 108 valence electrons. The highest BCUT2D eigenvalue weighted by Gasteiger charge is 2.30. The number of rotatable bonds is 3. The van der Waals surface area contributed by atoms with Crippen molar-refractivity contribution >= 4 is 17.7 Å². The molecular formula is C16H15FN2OS. The minimum absolute atomic E-state index is 0.0339. The zero-order chi connectivity index (χ0) is 14.7. The first-order valence-corrected chi connectivity index (χ1v) is 7.84. The maximum absolute atomic E-state index is 12.9. The molecule has 1 saturated heterocycles. The molecule has 5 heteroatoms. The molecule has 1 aliphatic heterocycles. The number of thioether (sulfide) groups is 1. The Hall–Kier alpha value is -1.88. The van der Waals surface area contributed by atoms with Crippen LogP contribution < -0.4 is 0 Å². The molecule has 1 aliphatic rings. The monoisotopic (exact) mass is 302 g/mol. The summed E-state index contributed by atoms with van der Waals surface area (Å²) in [5, 5.41) is 0.0339. The molecule has 1 aromatic carbocycles. The minimum Gasteiger partial charge on any atom is -0.325 e. The maximum atomic E-state index is 12.9. The zero-order valence-electron chi connectivity index (χ0n) is 11.4. The highest BCUT2D eigenvalue weighted by atomic mass is 32.2. The van der Waals surface area contributed by atoms with Crippen LogP contribution in [0.2, 0.25) is 0 Å². The molecule has 0 saturated carbocycles. The predicted octanol–water partition coefficient (Wildman–Crippen LogP) is 3.04. The lowest BCUT2D eigenvalue weighted by atomic mass is 10.1. The van der Waals surface area contributed by atoms with E-state index in [0.717, 1.165) is 23.4 Å². The van der Waals surface area contributed by atoms with E-state index in [9.17, 15) is 9.18 Å². The number of benzene rings is 1. The molecule has 0 N–H and O–H groups in total. The first kappa shape index (κ1) is 14.1. The average Bonchev–Trinajstić information content (AvgIpc) is 3.00. The van der Waals surface area contributed by atoms with E-state index in [1.165, 1.54) is 12.1 Å². The fourth-order valence-corrected chi connectivity index (χ4v) is 3.66. The third-order valence-corrected chi connectivity index (χ3v) is 4.71. The van der Waals surface area contributed by atoms with E-state index in [-0.39, 0.29) is 17.1 Å². The Labute approximate surface area is 127 Å². The van der Waals surface area contributed by atoms with Gasteiger partial charge in [0.2, 0.25) is 5.91 Å². The van der Waals surface area contributed by atoms with E-state index in [4.69, 9.17) is 0 Å². The Morgan fingerprint density at radius 2 is 2.14 bits per heavy atom. The molecule has 0 bridgehead atoms. The Morgan fingerprint density at radius 1 is 1.33 bits per heavy atom. The van der Waals surface area contributed by atoms with Crippen molar-refractivity contribution in [1.29, 1.82) is 0 Å². The quantitative estimate of drug-likeness (QED) is 0.874. The van der Waals surface area contributed by atoms with Gasteiger partial charge in [-0.05, 0) is 23.8 Å². The van der Waals surface area contributed by atoms with Crippen LogP contribution in [0.15, 0.2) is 48.8 Å². The van der Waals surface area contributed by atoms with Crippen molar-refractivity contribution in [3.8, 4) is 0 Å². The van der Waals surface area contributed by atoms with Crippen LogP contribution in [0.4, 0.5) is 4.39 Å². The van der Waals surface area contributed by atoms with Crippen LogP contribution in [-0.4, -0.2) is 28.1 Å². The van der Waals surface area contributed by atoms with Crippen molar-refractivity contribution < 1.29 is 9.18 Å². The molecule has 2 aromatic rings. The van der Waals surface area contributed by atoms with Crippen molar-refractivity contribution in [3.63, 3.8) is 0 Å². The van der Waals surface area contributed by atoms with Gasteiger partial charge in [0, 0.05) is 30.3 Å². The fourth-order valence-electron chi connectivity index (χ4n) is 2.40. The molecule has 1 aromatic heterocycles. The Morgan fingerprint density at radius 3 is 2.86 bits per heavy atom. The average molecular weight is 302 g/mol.